The fourth-order valence-electron chi connectivity index (χ4n) is 2.51. The molecule has 1 atom stereocenters. The molecule has 0 spiro atoms. The fraction of sp³-hybridized carbons (Fsp3) is 0.467. The van der Waals surface area contributed by atoms with E-state index in [1.807, 2.05) is 29.3 Å². The lowest BCUT2D eigenvalue weighted by atomic mass is 10.2. The lowest BCUT2D eigenvalue weighted by molar-refractivity contribution is -0.131. The predicted molar refractivity (Wildman–Crippen MR) is 82.3 cm³/mol. The fourth-order valence-corrected chi connectivity index (χ4v) is 3.16. The first kappa shape index (κ1) is 14.3. The Morgan fingerprint density at radius 1 is 1.62 bits per heavy atom. The highest BCUT2D eigenvalue weighted by Gasteiger charge is 2.23. The van der Waals surface area contributed by atoms with Gasteiger partial charge in [0.1, 0.15) is 5.76 Å². The van der Waals surface area contributed by atoms with Crippen molar-refractivity contribution in [1.29, 1.82) is 0 Å². The van der Waals surface area contributed by atoms with Crippen LogP contribution in [0.1, 0.15) is 18.4 Å². The Hall–Kier alpha value is -1.66. The molecule has 1 amide bonds. The monoisotopic (exact) mass is 305 g/mol. The number of hydrogen-bond acceptors (Lipinski definition) is 5. The van der Waals surface area contributed by atoms with Crippen molar-refractivity contribution in [3.8, 4) is 10.8 Å². The maximum atomic E-state index is 12.4. The molecule has 1 fully saturated rings. The van der Waals surface area contributed by atoms with E-state index in [1.54, 1.807) is 11.3 Å². The first-order valence-electron chi connectivity index (χ1n) is 7.15. The van der Waals surface area contributed by atoms with E-state index in [-0.39, 0.29) is 5.91 Å². The molecule has 5 nitrogen and oxygen atoms in total. The highest BCUT2D eigenvalue weighted by atomic mass is 32.1. The summed E-state index contributed by atoms with van der Waals surface area (Å²) < 4.78 is 5.68. The molecule has 1 aliphatic heterocycles. The van der Waals surface area contributed by atoms with Gasteiger partial charge < -0.3 is 14.6 Å². The van der Waals surface area contributed by atoms with Crippen LogP contribution in [0.4, 0.5) is 0 Å². The number of hydrogen-bond donors (Lipinski definition) is 1. The summed E-state index contributed by atoms with van der Waals surface area (Å²) in [6.45, 7) is 6.33. The van der Waals surface area contributed by atoms with Crippen LogP contribution < -0.4 is 5.32 Å². The molecule has 0 aliphatic carbocycles. The second kappa shape index (κ2) is 5.99. The maximum absolute atomic E-state index is 12.4. The van der Waals surface area contributed by atoms with E-state index in [0.29, 0.717) is 18.4 Å². The number of carbonyl (C=O) groups excluding carboxylic acids is 1. The molecule has 1 saturated heterocycles. The Balaban J connectivity index is 1.71. The normalized spacial score (nSPS) is 19.0. The van der Waals surface area contributed by atoms with E-state index in [2.05, 4.69) is 17.2 Å². The molecule has 2 aromatic heterocycles. The van der Waals surface area contributed by atoms with Gasteiger partial charge in [-0.2, -0.15) is 0 Å². The second-order valence-electron chi connectivity index (χ2n) is 5.37. The van der Waals surface area contributed by atoms with E-state index in [0.717, 1.165) is 36.0 Å². The molecule has 0 bridgehead atoms. The quantitative estimate of drug-likeness (QED) is 0.943. The Kier molecular flexibility index (Phi) is 4.07. The van der Waals surface area contributed by atoms with Crippen LogP contribution in [0.2, 0.25) is 0 Å². The maximum Gasteiger partial charge on any atom is 0.236 e. The van der Waals surface area contributed by atoms with Crippen molar-refractivity contribution in [2.75, 3.05) is 19.6 Å². The van der Waals surface area contributed by atoms with Gasteiger partial charge in [-0.25, -0.2) is 4.98 Å². The number of oxazole rings is 1. The number of carbonyl (C=O) groups is 1. The summed E-state index contributed by atoms with van der Waals surface area (Å²) in [5.74, 6) is 1.46. The van der Waals surface area contributed by atoms with Crippen molar-refractivity contribution in [2.45, 2.75) is 26.3 Å². The molecular formula is C15H19N3O2S. The van der Waals surface area contributed by atoms with Crippen LogP contribution >= 0.6 is 11.3 Å². The van der Waals surface area contributed by atoms with Crippen molar-refractivity contribution < 1.29 is 9.21 Å². The van der Waals surface area contributed by atoms with Crippen LogP contribution in [0.3, 0.4) is 0 Å². The Morgan fingerprint density at radius 3 is 3.19 bits per heavy atom. The lowest BCUT2D eigenvalue weighted by Gasteiger charge is -2.31. The second-order valence-corrected chi connectivity index (χ2v) is 6.32. The molecule has 2 aromatic rings. The number of rotatable bonds is 3. The molecule has 1 unspecified atom stereocenters. The van der Waals surface area contributed by atoms with Crippen molar-refractivity contribution in [2.24, 2.45) is 0 Å². The van der Waals surface area contributed by atoms with Crippen molar-refractivity contribution in [1.82, 2.24) is 15.2 Å². The smallest absolute Gasteiger partial charge is 0.236 e. The minimum Gasteiger partial charge on any atom is -0.440 e. The molecule has 21 heavy (non-hydrogen) atoms. The third kappa shape index (κ3) is 3.16. The lowest BCUT2D eigenvalue weighted by Crippen LogP contribution is -2.51. The van der Waals surface area contributed by atoms with Gasteiger partial charge in [0.05, 0.1) is 17.0 Å². The topological polar surface area (TPSA) is 58.4 Å². The number of thiophene rings is 1. The van der Waals surface area contributed by atoms with Gasteiger partial charge in [0.15, 0.2) is 0 Å². The summed E-state index contributed by atoms with van der Waals surface area (Å²) in [5, 5.41) is 5.33. The Morgan fingerprint density at radius 2 is 2.48 bits per heavy atom. The molecule has 0 saturated carbocycles. The number of nitrogens with one attached hydrogen (secondary N) is 1. The van der Waals surface area contributed by atoms with E-state index in [9.17, 15) is 4.79 Å². The summed E-state index contributed by atoms with van der Waals surface area (Å²) >= 11 is 1.59. The summed E-state index contributed by atoms with van der Waals surface area (Å²) in [6, 6.07) is 4.29. The molecule has 1 aliphatic rings. The van der Waals surface area contributed by atoms with Gasteiger partial charge in [-0.3, -0.25) is 4.79 Å². The van der Waals surface area contributed by atoms with E-state index >= 15 is 0 Å². The molecule has 0 radical (unpaired) electrons. The van der Waals surface area contributed by atoms with Gasteiger partial charge in [0.25, 0.3) is 0 Å². The SMILES string of the molecule is Cc1oc(-c2cccs2)nc1CC(=O)N1CCNC(C)C1. The van der Waals surface area contributed by atoms with Gasteiger partial charge in [0.2, 0.25) is 11.8 Å². The van der Waals surface area contributed by atoms with Gasteiger partial charge in [-0.15, -0.1) is 11.3 Å². The zero-order valence-electron chi connectivity index (χ0n) is 12.3. The summed E-state index contributed by atoms with van der Waals surface area (Å²) in [5.41, 5.74) is 0.745. The third-order valence-corrected chi connectivity index (χ3v) is 4.52. The standard InChI is InChI=1S/C15H19N3O2S/c1-10-9-18(6-5-16-10)14(19)8-12-11(2)20-15(17-12)13-4-3-7-21-13/h3-4,7,10,16H,5-6,8-9H2,1-2H3. The van der Waals surface area contributed by atoms with Crippen LogP contribution in [0, 0.1) is 6.92 Å². The van der Waals surface area contributed by atoms with Gasteiger partial charge in [-0.1, -0.05) is 6.07 Å². The number of aryl methyl sites for hydroxylation is 1. The molecule has 1 N–H and O–H groups in total. The third-order valence-electron chi connectivity index (χ3n) is 3.66. The van der Waals surface area contributed by atoms with Crippen LogP contribution in [-0.4, -0.2) is 41.5 Å². The van der Waals surface area contributed by atoms with E-state index in [1.165, 1.54) is 0 Å². The van der Waals surface area contributed by atoms with Crippen molar-refractivity contribution in [3.05, 3.63) is 29.0 Å². The number of amides is 1. The minimum atomic E-state index is 0.123. The predicted octanol–water partition coefficient (Wildman–Crippen LogP) is 2.07. The highest BCUT2D eigenvalue weighted by molar-refractivity contribution is 7.13. The molecule has 3 rings (SSSR count). The zero-order chi connectivity index (χ0) is 14.8. The Bertz CT molecular complexity index is 621. The molecule has 3 heterocycles. The zero-order valence-corrected chi connectivity index (χ0v) is 13.1. The van der Waals surface area contributed by atoms with E-state index < -0.39 is 0 Å². The minimum absolute atomic E-state index is 0.123. The average molecular weight is 305 g/mol. The van der Waals surface area contributed by atoms with Gasteiger partial charge in [0, 0.05) is 25.7 Å². The van der Waals surface area contributed by atoms with Gasteiger partial charge >= 0.3 is 0 Å². The first-order valence-corrected chi connectivity index (χ1v) is 8.03. The first-order chi connectivity index (χ1) is 10.1. The number of aromatic nitrogens is 1. The van der Waals surface area contributed by atoms with Crippen LogP contribution in [0.15, 0.2) is 21.9 Å². The highest BCUT2D eigenvalue weighted by Crippen LogP contribution is 2.26. The van der Waals surface area contributed by atoms with Crippen LogP contribution in [-0.2, 0) is 11.2 Å². The molecular weight excluding hydrogens is 286 g/mol. The summed E-state index contributed by atoms with van der Waals surface area (Å²) in [6.07, 6.45) is 0.313. The molecule has 6 heteroatoms. The van der Waals surface area contributed by atoms with Crippen molar-refractivity contribution >= 4 is 17.2 Å². The number of piperazine rings is 1. The van der Waals surface area contributed by atoms with Gasteiger partial charge in [-0.05, 0) is 25.3 Å². The summed E-state index contributed by atoms with van der Waals surface area (Å²) in [7, 11) is 0. The average Bonchev–Trinajstić information content (AvgIpc) is 3.09. The summed E-state index contributed by atoms with van der Waals surface area (Å²) in [4.78, 5) is 19.8. The Labute approximate surface area is 128 Å². The van der Waals surface area contributed by atoms with E-state index in [4.69, 9.17) is 4.42 Å². The molecule has 112 valence electrons. The largest absolute Gasteiger partial charge is 0.440 e. The molecule has 0 aromatic carbocycles. The van der Waals surface area contributed by atoms with Crippen molar-refractivity contribution in [3.63, 3.8) is 0 Å². The number of nitrogens with zero attached hydrogens (tertiary/aromatic N) is 2. The van der Waals surface area contributed by atoms with Crippen LogP contribution in [0.25, 0.3) is 10.8 Å². The van der Waals surface area contributed by atoms with Crippen LogP contribution in [0.5, 0.6) is 0 Å².